The molecule has 0 radical (unpaired) electrons. The molecular weight excluding hydrogens is 146 g/mol. The smallest absolute Gasteiger partial charge is 0.139 e. The van der Waals surface area contributed by atoms with Crippen LogP contribution in [0.25, 0.3) is 0 Å². The first-order valence-corrected chi connectivity index (χ1v) is 3.42. The van der Waals surface area contributed by atoms with Gasteiger partial charge in [-0.05, 0) is 12.1 Å². The molecule has 1 aromatic rings. The van der Waals surface area contributed by atoms with E-state index in [2.05, 4.69) is 0 Å². The summed E-state index contributed by atoms with van der Waals surface area (Å²) in [5.41, 5.74) is 1.14. The average Bonchev–Trinajstić information content (AvgIpc) is 1.88. The molecule has 0 spiro atoms. The Morgan fingerprint density at radius 2 is 2.20 bits per heavy atom. The van der Waals surface area contributed by atoms with Gasteiger partial charge in [-0.25, -0.2) is 0 Å². The monoisotopic (exact) mass is 154 g/mol. The predicted molar refractivity (Wildman–Crippen MR) is 46.2 cm³/mol. The van der Waals surface area contributed by atoms with Crippen molar-refractivity contribution in [1.29, 1.82) is 0 Å². The van der Waals surface area contributed by atoms with Crippen molar-refractivity contribution in [2.75, 3.05) is 7.11 Å². The van der Waals surface area contributed by atoms with E-state index >= 15 is 0 Å². The molecule has 0 N–H and O–H groups in total. The first-order chi connectivity index (χ1) is 4.74. The van der Waals surface area contributed by atoms with Crippen molar-refractivity contribution < 1.29 is 4.74 Å². The van der Waals surface area contributed by atoms with Crippen LogP contribution in [0.15, 0.2) is 18.2 Å². The normalized spacial score (nSPS) is 9.40. The third kappa shape index (κ3) is 1.45. The second-order valence-corrected chi connectivity index (χ2v) is 2.55. The number of hydrogen-bond donors (Lipinski definition) is 0. The molecular formula is C7H8BClO. The maximum atomic E-state index is 5.80. The summed E-state index contributed by atoms with van der Waals surface area (Å²) in [6.07, 6.45) is 0. The second kappa shape index (κ2) is 2.97. The fourth-order valence-electron chi connectivity index (χ4n) is 0.771. The van der Waals surface area contributed by atoms with Gasteiger partial charge in [0.05, 0.1) is 12.1 Å². The van der Waals surface area contributed by atoms with Crippen LogP contribution in [-0.2, 0) is 0 Å². The molecule has 0 unspecified atom stereocenters. The summed E-state index contributed by atoms with van der Waals surface area (Å²) in [7, 11) is 3.60. The molecule has 0 saturated carbocycles. The molecule has 1 nitrogen and oxygen atoms in total. The van der Waals surface area contributed by atoms with Crippen LogP contribution < -0.4 is 10.2 Å². The minimum absolute atomic E-state index is 0.669. The quantitative estimate of drug-likeness (QED) is 0.539. The summed E-state index contributed by atoms with van der Waals surface area (Å²) in [4.78, 5) is 0. The van der Waals surface area contributed by atoms with Crippen LogP contribution in [-0.4, -0.2) is 15.0 Å². The van der Waals surface area contributed by atoms with Gasteiger partial charge >= 0.3 is 0 Å². The highest BCUT2D eigenvalue weighted by molar-refractivity contribution is 6.37. The molecule has 0 saturated heterocycles. The first-order valence-electron chi connectivity index (χ1n) is 3.04. The van der Waals surface area contributed by atoms with E-state index in [0.717, 1.165) is 11.2 Å². The van der Waals surface area contributed by atoms with Gasteiger partial charge in [-0.15, -0.1) is 0 Å². The fraction of sp³-hybridized carbons (Fsp3) is 0.143. The van der Waals surface area contributed by atoms with Crippen molar-refractivity contribution in [3.8, 4) is 5.75 Å². The van der Waals surface area contributed by atoms with E-state index in [-0.39, 0.29) is 0 Å². The van der Waals surface area contributed by atoms with E-state index in [4.69, 9.17) is 16.3 Å². The Hall–Kier alpha value is -0.625. The molecule has 0 atom stereocenters. The number of ether oxygens (including phenoxy) is 1. The standard InChI is InChI=1S/C7H8BClO/c1-10-7-3-2-5(8)4-6(7)9/h2-4H,8H2,1H3. The molecule has 1 aromatic carbocycles. The van der Waals surface area contributed by atoms with Gasteiger partial charge in [-0.1, -0.05) is 23.1 Å². The van der Waals surface area contributed by atoms with Gasteiger partial charge in [0.1, 0.15) is 13.6 Å². The lowest BCUT2D eigenvalue weighted by Crippen LogP contribution is -2.00. The molecule has 0 fully saturated rings. The molecule has 10 heavy (non-hydrogen) atoms. The summed E-state index contributed by atoms with van der Waals surface area (Å²) < 4.78 is 4.97. The lowest BCUT2D eigenvalue weighted by atomic mass is 9.97. The van der Waals surface area contributed by atoms with E-state index in [1.54, 1.807) is 7.11 Å². The van der Waals surface area contributed by atoms with Crippen LogP contribution >= 0.6 is 11.6 Å². The molecule has 0 heterocycles. The van der Waals surface area contributed by atoms with Crippen LogP contribution in [0.3, 0.4) is 0 Å². The van der Waals surface area contributed by atoms with Crippen molar-refractivity contribution in [2.45, 2.75) is 0 Å². The lowest BCUT2D eigenvalue weighted by molar-refractivity contribution is 0.415. The van der Waals surface area contributed by atoms with E-state index in [0.29, 0.717) is 5.02 Å². The third-order valence-electron chi connectivity index (χ3n) is 1.31. The lowest BCUT2D eigenvalue weighted by Gasteiger charge is -2.01. The number of rotatable bonds is 1. The SMILES string of the molecule is Bc1ccc(OC)c(Cl)c1. The molecule has 0 bridgehead atoms. The first kappa shape index (κ1) is 7.48. The second-order valence-electron chi connectivity index (χ2n) is 2.14. The van der Waals surface area contributed by atoms with E-state index < -0.39 is 0 Å². The summed E-state index contributed by atoms with van der Waals surface area (Å²) in [5, 5.41) is 0.669. The largest absolute Gasteiger partial charge is 0.495 e. The number of hydrogen-bond acceptors (Lipinski definition) is 1. The Morgan fingerprint density at radius 1 is 1.50 bits per heavy atom. The highest BCUT2D eigenvalue weighted by Crippen LogP contribution is 2.20. The van der Waals surface area contributed by atoms with Crippen molar-refractivity contribution in [3.63, 3.8) is 0 Å². The third-order valence-corrected chi connectivity index (χ3v) is 1.60. The van der Waals surface area contributed by atoms with Crippen molar-refractivity contribution in [2.24, 2.45) is 0 Å². The van der Waals surface area contributed by atoms with Crippen molar-refractivity contribution in [3.05, 3.63) is 23.2 Å². The minimum atomic E-state index is 0.669. The molecule has 0 aromatic heterocycles. The predicted octanol–water partition coefficient (Wildman–Crippen LogP) is 0.607. The Morgan fingerprint density at radius 3 is 2.70 bits per heavy atom. The molecule has 0 aliphatic rings. The highest BCUT2D eigenvalue weighted by Gasteiger charge is 1.96. The maximum Gasteiger partial charge on any atom is 0.139 e. The van der Waals surface area contributed by atoms with Gasteiger partial charge in [0.2, 0.25) is 0 Å². The number of benzene rings is 1. The highest BCUT2D eigenvalue weighted by atomic mass is 35.5. The summed E-state index contributed by atoms with van der Waals surface area (Å²) in [6.45, 7) is 0. The zero-order valence-electron chi connectivity index (χ0n) is 6.02. The van der Waals surface area contributed by atoms with Crippen molar-refractivity contribution >= 4 is 24.9 Å². The van der Waals surface area contributed by atoms with Gasteiger partial charge in [-0.3, -0.25) is 0 Å². The van der Waals surface area contributed by atoms with Crippen LogP contribution in [0.2, 0.25) is 5.02 Å². The zero-order chi connectivity index (χ0) is 7.56. The average molecular weight is 154 g/mol. The summed E-state index contributed by atoms with van der Waals surface area (Å²) >= 11 is 5.80. The maximum absolute atomic E-state index is 5.80. The Kier molecular flexibility index (Phi) is 2.23. The van der Waals surface area contributed by atoms with Gasteiger partial charge in [0.15, 0.2) is 0 Å². The topological polar surface area (TPSA) is 9.23 Å². The van der Waals surface area contributed by atoms with E-state index in [9.17, 15) is 0 Å². The summed E-state index contributed by atoms with van der Waals surface area (Å²) in [6, 6.07) is 5.70. The molecule has 0 amide bonds. The molecule has 0 aliphatic carbocycles. The number of methoxy groups -OCH3 is 1. The zero-order valence-corrected chi connectivity index (χ0v) is 6.77. The van der Waals surface area contributed by atoms with Crippen LogP contribution in [0.4, 0.5) is 0 Å². The van der Waals surface area contributed by atoms with Crippen LogP contribution in [0.5, 0.6) is 5.75 Å². The van der Waals surface area contributed by atoms with Gasteiger partial charge in [0, 0.05) is 0 Å². The van der Waals surface area contributed by atoms with Crippen LogP contribution in [0.1, 0.15) is 0 Å². The van der Waals surface area contributed by atoms with Crippen LogP contribution in [0, 0.1) is 0 Å². The molecule has 3 heteroatoms. The fourth-order valence-corrected chi connectivity index (χ4v) is 1.08. The minimum Gasteiger partial charge on any atom is -0.495 e. The molecule has 52 valence electrons. The van der Waals surface area contributed by atoms with Crippen molar-refractivity contribution in [1.82, 2.24) is 0 Å². The summed E-state index contributed by atoms with van der Waals surface area (Å²) in [5.74, 6) is 0.729. The molecule has 0 aliphatic heterocycles. The Labute approximate surface area is 66.4 Å². The van der Waals surface area contributed by atoms with Gasteiger partial charge < -0.3 is 4.74 Å². The Balaban J connectivity index is 3.07. The van der Waals surface area contributed by atoms with Gasteiger partial charge in [0.25, 0.3) is 0 Å². The van der Waals surface area contributed by atoms with Gasteiger partial charge in [-0.2, -0.15) is 0 Å². The van der Waals surface area contributed by atoms with E-state index in [1.165, 1.54) is 0 Å². The Bertz CT molecular complexity index is 237. The molecule has 1 rings (SSSR count). The number of halogens is 1. The van der Waals surface area contributed by atoms with E-state index in [1.807, 2.05) is 26.0 Å².